The molecule has 3 N–H and O–H groups in total. The van der Waals surface area contributed by atoms with Crippen LogP contribution in [-0.4, -0.2) is 31.2 Å². The lowest BCUT2D eigenvalue weighted by molar-refractivity contribution is -0.124. The fraction of sp³-hybridized carbons (Fsp3) is 0.294. The number of imide groups is 1. The SMILES string of the molecule is C[C@@H](NCC(=O)NC(=O)NCC(F)(F)F)c1cccc2ccccc12. The Morgan fingerprint density at radius 1 is 1.08 bits per heavy atom. The van der Waals surface area contributed by atoms with Gasteiger partial charge in [0.15, 0.2) is 0 Å². The second-order valence-corrected chi connectivity index (χ2v) is 5.52. The quantitative estimate of drug-likeness (QED) is 0.774. The zero-order valence-corrected chi connectivity index (χ0v) is 13.5. The van der Waals surface area contributed by atoms with Gasteiger partial charge in [-0.15, -0.1) is 0 Å². The molecule has 3 amide bonds. The normalized spacial score (nSPS) is 12.6. The first-order valence-corrected chi connectivity index (χ1v) is 7.62. The maximum Gasteiger partial charge on any atom is 0.405 e. The Morgan fingerprint density at radius 3 is 2.48 bits per heavy atom. The number of alkyl halides is 3. The predicted molar refractivity (Wildman–Crippen MR) is 88.0 cm³/mol. The Hall–Kier alpha value is -2.61. The number of benzene rings is 2. The molecule has 2 aromatic carbocycles. The van der Waals surface area contributed by atoms with E-state index >= 15 is 0 Å². The van der Waals surface area contributed by atoms with Gasteiger partial charge in [-0.3, -0.25) is 10.1 Å². The lowest BCUT2D eigenvalue weighted by Gasteiger charge is -2.16. The highest BCUT2D eigenvalue weighted by atomic mass is 19.4. The first-order valence-electron chi connectivity index (χ1n) is 7.62. The zero-order chi connectivity index (χ0) is 18.4. The minimum absolute atomic E-state index is 0.185. The summed E-state index contributed by atoms with van der Waals surface area (Å²) in [5.41, 5.74) is 0.979. The summed E-state index contributed by atoms with van der Waals surface area (Å²) in [5, 5.41) is 8.47. The summed E-state index contributed by atoms with van der Waals surface area (Å²) < 4.78 is 35.9. The molecular formula is C17H18F3N3O2. The summed E-state index contributed by atoms with van der Waals surface area (Å²) in [7, 11) is 0. The van der Waals surface area contributed by atoms with Crippen LogP contribution >= 0.6 is 0 Å². The van der Waals surface area contributed by atoms with Crippen molar-refractivity contribution in [2.24, 2.45) is 0 Å². The Bertz CT molecular complexity index is 757. The molecule has 0 saturated heterocycles. The van der Waals surface area contributed by atoms with Crippen LogP contribution in [0.15, 0.2) is 42.5 Å². The van der Waals surface area contributed by atoms with Crippen molar-refractivity contribution in [2.75, 3.05) is 13.1 Å². The molecule has 1 atom stereocenters. The molecule has 0 saturated carbocycles. The number of hydrogen-bond donors (Lipinski definition) is 3. The van der Waals surface area contributed by atoms with Gasteiger partial charge in [0.05, 0.1) is 6.54 Å². The van der Waals surface area contributed by atoms with E-state index in [9.17, 15) is 22.8 Å². The smallest absolute Gasteiger partial charge is 0.329 e. The molecule has 134 valence electrons. The molecule has 2 rings (SSSR count). The van der Waals surface area contributed by atoms with Gasteiger partial charge in [-0.2, -0.15) is 13.2 Å². The molecule has 0 aliphatic carbocycles. The van der Waals surface area contributed by atoms with Crippen LogP contribution in [0.1, 0.15) is 18.5 Å². The van der Waals surface area contributed by atoms with E-state index in [1.165, 1.54) is 0 Å². The molecule has 0 heterocycles. The molecule has 0 aliphatic heterocycles. The molecule has 0 spiro atoms. The van der Waals surface area contributed by atoms with Gasteiger partial charge in [0.25, 0.3) is 0 Å². The first kappa shape index (κ1) is 18.7. The summed E-state index contributed by atoms with van der Waals surface area (Å²) in [5.74, 6) is -0.716. The molecular weight excluding hydrogens is 335 g/mol. The minimum atomic E-state index is -4.53. The average molecular weight is 353 g/mol. The van der Waals surface area contributed by atoms with Gasteiger partial charge in [0, 0.05) is 6.04 Å². The minimum Gasteiger partial charge on any atom is -0.329 e. The van der Waals surface area contributed by atoms with Crippen molar-refractivity contribution in [3.63, 3.8) is 0 Å². The summed E-state index contributed by atoms with van der Waals surface area (Å²) in [6.07, 6.45) is -4.53. The van der Waals surface area contributed by atoms with E-state index in [4.69, 9.17) is 0 Å². The van der Waals surface area contributed by atoms with E-state index in [2.05, 4.69) is 5.32 Å². The highest BCUT2D eigenvalue weighted by Crippen LogP contribution is 2.23. The maximum absolute atomic E-state index is 12.0. The van der Waals surface area contributed by atoms with Gasteiger partial charge in [0.2, 0.25) is 5.91 Å². The van der Waals surface area contributed by atoms with Gasteiger partial charge in [-0.05, 0) is 23.3 Å². The number of hydrogen-bond acceptors (Lipinski definition) is 3. The van der Waals surface area contributed by atoms with E-state index in [-0.39, 0.29) is 12.6 Å². The van der Waals surface area contributed by atoms with Crippen molar-refractivity contribution in [2.45, 2.75) is 19.1 Å². The van der Waals surface area contributed by atoms with Gasteiger partial charge in [-0.25, -0.2) is 4.79 Å². The highest BCUT2D eigenvalue weighted by molar-refractivity contribution is 5.95. The van der Waals surface area contributed by atoms with Crippen LogP contribution in [0.5, 0.6) is 0 Å². The van der Waals surface area contributed by atoms with Gasteiger partial charge in [0.1, 0.15) is 6.54 Å². The van der Waals surface area contributed by atoms with E-state index in [0.717, 1.165) is 16.3 Å². The fourth-order valence-corrected chi connectivity index (χ4v) is 2.38. The Labute approximate surface area is 142 Å². The third kappa shape index (κ3) is 5.75. The van der Waals surface area contributed by atoms with Gasteiger partial charge < -0.3 is 10.6 Å². The van der Waals surface area contributed by atoms with Crippen molar-refractivity contribution in [1.29, 1.82) is 0 Å². The van der Waals surface area contributed by atoms with Crippen molar-refractivity contribution in [3.05, 3.63) is 48.0 Å². The van der Waals surface area contributed by atoms with Gasteiger partial charge in [-0.1, -0.05) is 42.5 Å². The van der Waals surface area contributed by atoms with Crippen LogP contribution in [0.3, 0.4) is 0 Å². The standard InChI is InChI=1S/C17H18F3N3O2/c1-11(13-8-4-6-12-5-2-3-7-14(12)13)21-9-15(24)23-16(25)22-10-17(18,19)20/h2-8,11,21H,9-10H2,1H3,(H2,22,23,24,25)/t11-/m1/s1. The number of rotatable bonds is 5. The monoisotopic (exact) mass is 353 g/mol. The average Bonchev–Trinajstić information content (AvgIpc) is 2.57. The van der Waals surface area contributed by atoms with Gasteiger partial charge >= 0.3 is 12.2 Å². The second-order valence-electron chi connectivity index (χ2n) is 5.52. The van der Waals surface area contributed by atoms with Crippen LogP contribution in [0.2, 0.25) is 0 Å². The molecule has 5 nitrogen and oxygen atoms in total. The zero-order valence-electron chi connectivity index (χ0n) is 13.5. The third-order valence-electron chi connectivity index (χ3n) is 3.56. The Morgan fingerprint density at radius 2 is 1.76 bits per heavy atom. The molecule has 0 aliphatic rings. The highest BCUT2D eigenvalue weighted by Gasteiger charge is 2.27. The van der Waals surface area contributed by atoms with E-state index in [1.54, 1.807) is 5.32 Å². The van der Waals surface area contributed by atoms with Crippen molar-refractivity contribution in [1.82, 2.24) is 16.0 Å². The number of carbonyl (C=O) groups excluding carboxylic acids is 2. The van der Waals surface area contributed by atoms with E-state index < -0.39 is 24.7 Å². The summed E-state index contributed by atoms with van der Waals surface area (Å²) in [6, 6.07) is 12.2. The number of fused-ring (bicyclic) bond motifs is 1. The topological polar surface area (TPSA) is 70.2 Å². The molecule has 0 unspecified atom stereocenters. The molecule has 0 fully saturated rings. The van der Waals surface area contributed by atoms with Crippen molar-refractivity contribution < 1.29 is 22.8 Å². The van der Waals surface area contributed by atoms with Crippen LogP contribution in [0, 0.1) is 0 Å². The Kier molecular flexibility index (Phi) is 5.97. The van der Waals surface area contributed by atoms with Crippen molar-refractivity contribution >= 4 is 22.7 Å². The predicted octanol–water partition coefficient (Wildman–Crippen LogP) is 2.88. The third-order valence-corrected chi connectivity index (χ3v) is 3.56. The van der Waals surface area contributed by atoms with Crippen LogP contribution < -0.4 is 16.0 Å². The number of carbonyl (C=O) groups is 2. The summed E-state index contributed by atoms with van der Waals surface area (Å²) >= 11 is 0. The Balaban J connectivity index is 1.88. The summed E-state index contributed by atoms with van der Waals surface area (Å²) in [4.78, 5) is 22.9. The van der Waals surface area contributed by atoms with Crippen molar-refractivity contribution in [3.8, 4) is 0 Å². The second kappa shape index (κ2) is 7.98. The lowest BCUT2D eigenvalue weighted by Crippen LogP contribution is -2.46. The first-order chi connectivity index (χ1) is 11.8. The molecule has 0 radical (unpaired) electrons. The number of urea groups is 1. The number of halogens is 3. The largest absolute Gasteiger partial charge is 0.405 e. The maximum atomic E-state index is 12.0. The molecule has 2 aromatic rings. The molecule has 25 heavy (non-hydrogen) atoms. The fourth-order valence-electron chi connectivity index (χ4n) is 2.38. The van der Waals surface area contributed by atoms with Crippen LogP contribution in [0.4, 0.5) is 18.0 Å². The number of amides is 3. The van der Waals surface area contributed by atoms with Crippen LogP contribution in [0.25, 0.3) is 10.8 Å². The molecule has 8 heteroatoms. The lowest BCUT2D eigenvalue weighted by atomic mass is 10.00. The molecule has 0 bridgehead atoms. The number of nitrogens with one attached hydrogen (secondary N) is 3. The van der Waals surface area contributed by atoms with E-state index in [0.29, 0.717) is 0 Å². The van der Waals surface area contributed by atoms with Crippen LogP contribution in [-0.2, 0) is 4.79 Å². The van der Waals surface area contributed by atoms with E-state index in [1.807, 2.05) is 54.7 Å². The summed E-state index contributed by atoms with van der Waals surface area (Å²) in [6.45, 7) is 0.161. The molecule has 0 aromatic heterocycles.